The van der Waals surface area contributed by atoms with Crippen molar-refractivity contribution in [3.05, 3.63) is 0 Å². The fourth-order valence-electron chi connectivity index (χ4n) is 3.26. The van der Waals surface area contributed by atoms with Crippen molar-refractivity contribution in [2.45, 2.75) is 38.4 Å². The molecule has 0 radical (unpaired) electrons. The second kappa shape index (κ2) is 3.63. The highest BCUT2D eigenvalue weighted by atomic mass is 16.5. The van der Waals surface area contributed by atoms with Crippen molar-refractivity contribution in [2.75, 3.05) is 6.54 Å². The molecule has 17 heavy (non-hydrogen) atoms. The molecule has 92 valence electrons. The summed E-state index contributed by atoms with van der Waals surface area (Å²) in [6.45, 7) is 1.71. The molecule has 5 nitrogen and oxygen atoms in total. The van der Waals surface area contributed by atoms with E-state index in [0.29, 0.717) is 0 Å². The van der Waals surface area contributed by atoms with Crippen LogP contribution in [0.15, 0.2) is 0 Å². The first-order chi connectivity index (χ1) is 8.09. The number of likely N-dealkylation sites (tertiary alicyclic amines) is 1. The smallest absolute Gasteiger partial charge is 0.235 e. The van der Waals surface area contributed by atoms with Gasteiger partial charge in [0.15, 0.2) is 0 Å². The normalized spacial score (nSPS) is 39.0. The van der Waals surface area contributed by atoms with Crippen molar-refractivity contribution in [1.29, 1.82) is 0 Å². The Balaban J connectivity index is 1.78. The van der Waals surface area contributed by atoms with Gasteiger partial charge in [-0.2, -0.15) is 0 Å². The Morgan fingerprint density at radius 1 is 1.24 bits per heavy atom. The molecule has 4 unspecified atom stereocenters. The van der Waals surface area contributed by atoms with Crippen LogP contribution < -0.4 is 0 Å². The maximum Gasteiger partial charge on any atom is 0.235 e. The average Bonchev–Trinajstić information content (AvgIpc) is 2.92. The summed E-state index contributed by atoms with van der Waals surface area (Å²) in [7, 11) is 0. The molecule has 0 N–H and O–H groups in total. The van der Waals surface area contributed by atoms with Crippen LogP contribution in [0.2, 0.25) is 0 Å². The van der Waals surface area contributed by atoms with Gasteiger partial charge in [-0.15, -0.1) is 0 Å². The lowest BCUT2D eigenvalue weighted by molar-refractivity contribution is -0.142. The summed E-state index contributed by atoms with van der Waals surface area (Å²) in [6, 6.07) is 0. The number of nitrogens with zero attached hydrogens (tertiary/aromatic N) is 1. The van der Waals surface area contributed by atoms with Crippen LogP contribution in [0.3, 0.4) is 0 Å². The zero-order chi connectivity index (χ0) is 12.2. The number of Topliss-reactive ketones (excluding diaryl/α,β-unsaturated/α-hetero) is 1. The first-order valence-corrected chi connectivity index (χ1v) is 6.09. The van der Waals surface area contributed by atoms with Crippen molar-refractivity contribution in [3.8, 4) is 0 Å². The van der Waals surface area contributed by atoms with Gasteiger partial charge in [0, 0.05) is 13.0 Å². The van der Waals surface area contributed by atoms with E-state index in [9.17, 15) is 14.4 Å². The van der Waals surface area contributed by atoms with E-state index in [1.807, 2.05) is 0 Å². The topological polar surface area (TPSA) is 63.7 Å². The highest BCUT2D eigenvalue weighted by molar-refractivity contribution is 6.06. The fourth-order valence-corrected chi connectivity index (χ4v) is 3.26. The minimum atomic E-state index is -0.270. The molecule has 0 aliphatic carbocycles. The number of amides is 2. The lowest BCUT2D eigenvalue weighted by Crippen LogP contribution is -2.35. The number of imide groups is 1. The van der Waals surface area contributed by atoms with Gasteiger partial charge in [0.2, 0.25) is 11.8 Å². The maximum absolute atomic E-state index is 12.1. The molecule has 2 bridgehead atoms. The summed E-state index contributed by atoms with van der Waals surface area (Å²) in [5.41, 5.74) is 0. The van der Waals surface area contributed by atoms with Crippen LogP contribution in [0.1, 0.15) is 26.2 Å². The van der Waals surface area contributed by atoms with E-state index < -0.39 is 0 Å². The predicted octanol–water partition coefficient (Wildman–Crippen LogP) is 0.128. The predicted molar refractivity (Wildman–Crippen MR) is 56.9 cm³/mol. The van der Waals surface area contributed by atoms with Gasteiger partial charge < -0.3 is 4.74 Å². The lowest BCUT2D eigenvalue weighted by Gasteiger charge is -2.16. The Morgan fingerprint density at radius 3 is 2.24 bits per heavy atom. The van der Waals surface area contributed by atoms with E-state index >= 15 is 0 Å². The summed E-state index contributed by atoms with van der Waals surface area (Å²) < 4.78 is 5.62. The van der Waals surface area contributed by atoms with Crippen LogP contribution in [0.4, 0.5) is 0 Å². The van der Waals surface area contributed by atoms with Crippen LogP contribution in [0.5, 0.6) is 0 Å². The number of carbonyl (C=O) groups is 3. The van der Waals surface area contributed by atoms with Gasteiger partial charge in [-0.3, -0.25) is 19.3 Å². The quantitative estimate of drug-likeness (QED) is 0.654. The third-order valence-electron chi connectivity index (χ3n) is 4.06. The highest BCUT2D eigenvalue weighted by Gasteiger charge is 2.62. The summed E-state index contributed by atoms with van der Waals surface area (Å²) >= 11 is 0. The van der Waals surface area contributed by atoms with Crippen LogP contribution in [0, 0.1) is 11.8 Å². The van der Waals surface area contributed by atoms with Crippen molar-refractivity contribution >= 4 is 17.6 Å². The van der Waals surface area contributed by atoms with Gasteiger partial charge in [0.25, 0.3) is 0 Å². The van der Waals surface area contributed by atoms with Crippen molar-refractivity contribution in [2.24, 2.45) is 11.8 Å². The molecule has 0 spiro atoms. The van der Waals surface area contributed by atoms with E-state index in [2.05, 4.69) is 0 Å². The number of rotatable bonds is 3. The Bertz CT molecular complexity index is 377. The van der Waals surface area contributed by atoms with Crippen molar-refractivity contribution < 1.29 is 19.1 Å². The Kier molecular flexibility index (Phi) is 2.33. The molecule has 3 saturated heterocycles. The largest absolute Gasteiger partial charge is 0.373 e. The van der Waals surface area contributed by atoms with Crippen LogP contribution in [-0.2, 0) is 19.1 Å². The lowest BCUT2D eigenvalue weighted by atomic mass is 9.81. The molecule has 5 heteroatoms. The van der Waals surface area contributed by atoms with Gasteiger partial charge in [-0.05, 0) is 19.8 Å². The third-order valence-corrected chi connectivity index (χ3v) is 4.06. The maximum atomic E-state index is 12.1. The molecule has 3 heterocycles. The van der Waals surface area contributed by atoms with Gasteiger partial charge >= 0.3 is 0 Å². The molecular weight excluding hydrogens is 222 g/mol. The summed E-state index contributed by atoms with van der Waals surface area (Å²) in [4.78, 5) is 36.4. The van der Waals surface area contributed by atoms with Gasteiger partial charge in [0.05, 0.1) is 24.0 Å². The fraction of sp³-hybridized carbons (Fsp3) is 0.750. The van der Waals surface area contributed by atoms with E-state index in [1.54, 1.807) is 0 Å². The number of hydrogen-bond donors (Lipinski definition) is 0. The number of fused-ring (bicyclic) bond motifs is 5. The summed E-state index contributed by atoms with van der Waals surface area (Å²) in [5.74, 6) is -0.801. The number of ether oxygens (including phenoxy) is 1. The van der Waals surface area contributed by atoms with Crippen molar-refractivity contribution in [1.82, 2.24) is 4.90 Å². The monoisotopic (exact) mass is 237 g/mol. The van der Waals surface area contributed by atoms with Gasteiger partial charge in [0.1, 0.15) is 5.78 Å². The first-order valence-electron chi connectivity index (χ1n) is 6.09. The highest BCUT2D eigenvalue weighted by Crippen LogP contribution is 2.48. The first kappa shape index (κ1) is 10.9. The second-order valence-corrected chi connectivity index (χ2v) is 5.12. The van der Waals surface area contributed by atoms with Crippen LogP contribution in [0.25, 0.3) is 0 Å². The average molecular weight is 237 g/mol. The Morgan fingerprint density at radius 2 is 1.76 bits per heavy atom. The van der Waals surface area contributed by atoms with Gasteiger partial charge in [-0.25, -0.2) is 0 Å². The number of carbonyl (C=O) groups excluding carboxylic acids is 3. The third kappa shape index (κ3) is 1.45. The summed E-state index contributed by atoms with van der Waals surface area (Å²) in [6.07, 6.45) is 1.89. The Hall–Kier alpha value is -1.23. The standard InChI is InChI=1S/C12H15NO4/c1-6(14)4-5-13-11(15)9-7-2-3-8(17-7)10(9)12(13)16/h7-10H,2-5H2,1H3. The molecule has 3 fully saturated rings. The molecule has 0 aromatic rings. The molecular formula is C12H15NO4. The molecule has 0 aromatic carbocycles. The van der Waals surface area contributed by atoms with E-state index in [-0.39, 0.29) is 54.6 Å². The minimum Gasteiger partial charge on any atom is -0.373 e. The van der Waals surface area contributed by atoms with Crippen LogP contribution in [-0.4, -0.2) is 41.3 Å². The molecule has 0 aromatic heterocycles. The molecule has 3 aliphatic rings. The number of ketones is 1. The van der Waals surface area contributed by atoms with E-state index in [1.165, 1.54) is 11.8 Å². The molecule has 2 amide bonds. The number of hydrogen-bond acceptors (Lipinski definition) is 4. The zero-order valence-electron chi connectivity index (χ0n) is 9.72. The van der Waals surface area contributed by atoms with Gasteiger partial charge in [-0.1, -0.05) is 0 Å². The molecule has 0 saturated carbocycles. The molecule has 3 aliphatic heterocycles. The SMILES string of the molecule is CC(=O)CCN1C(=O)C2C3CCC(O3)C2C1=O. The van der Waals surface area contributed by atoms with Crippen LogP contribution >= 0.6 is 0 Å². The summed E-state index contributed by atoms with van der Waals surface area (Å²) in [5, 5.41) is 0. The van der Waals surface area contributed by atoms with Crippen molar-refractivity contribution in [3.63, 3.8) is 0 Å². The second-order valence-electron chi connectivity index (χ2n) is 5.12. The Labute approximate surface area is 99.1 Å². The van der Waals surface area contributed by atoms with E-state index in [0.717, 1.165) is 12.8 Å². The van der Waals surface area contributed by atoms with E-state index in [4.69, 9.17) is 4.74 Å². The molecule has 3 rings (SSSR count). The minimum absolute atomic E-state index is 0.00174. The zero-order valence-corrected chi connectivity index (χ0v) is 9.72. The molecule has 4 atom stereocenters.